The quantitative estimate of drug-likeness (QED) is 0.504. The van der Waals surface area contributed by atoms with Crippen LogP contribution in [0.3, 0.4) is 0 Å². The topological polar surface area (TPSA) is 69.6 Å². The van der Waals surface area contributed by atoms with E-state index in [1.807, 2.05) is 50.2 Å². The molecule has 0 radical (unpaired) electrons. The summed E-state index contributed by atoms with van der Waals surface area (Å²) < 4.78 is 13.1. The number of ether oxygens (including phenoxy) is 2. The van der Waals surface area contributed by atoms with Crippen LogP contribution in [0.4, 0.5) is 5.69 Å². The highest BCUT2D eigenvalue weighted by Crippen LogP contribution is 2.23. The molecule has 6 nitrogen and oxygen atoms in total. The molecule has 1 aromatic heterocycles. The number of aryl methyl sites for hydroxylation is 1. The molecule has 0 bridgehead atoms. The van der Waals surface area contributed by atoms with Crippen molar-refractivity contribution < 1.29 is 19.1 Å². The molecule has 0 aliphatic carbocycles. The van der Waals surface area contributed by atoms with Crippen molar-refractivity contribution in [3.05, 3.63) is 83.2 Å². The van der Waals surface area contributed by atoms with E-state index in [2.05, 4.69) is 16.8 Å². The van der Waals surface area contributed by atoms with E-state index in [0.29, 0.717) is 29.2 Å². The number of carbonyl (C=O) groups excluding carboxylic acids is 2. The molecule has 0 unspecified atom stereocenters. The molecule has 1 heterocycles. The zero-order valence-electron chi connectivity index (χ0n) is 18.3. The summed E-state index contributed by atoms with van der Waals surface area (Å²) in [6.07, 6.45) is 0. The number of amides is 1. The molecule has 0 aliphatic rings. The Hall–Kier alpha value is -3.38. The number of ketones is 1. The number of hydrogen-bond donors (Lipinski definition) is 1. The third-order valence-corrected chi connectivity index (χ3v) is 5.16. The molecule has 0 aliphatic heterocycles. The number of anilines is 1. The number of methoxy groups -OCH3 is 1. The summed E-state index contributed by atoms with van der Waals surface area (Å²) in [6, 6.07) is 18.1. The summed E-state index contributed by atoms with van der Waals surface area (Å²) in [5.74, 6) is -0.0612. The highest BCUT2D eigenvalue weighted by Gasteiger charge is 2.20. The average molecular weight is 421 g/mol. The number of aromatic nitrogens is 1. The Morgan fingerprint density at radius 1 is 1.00 bits per heavy atom. The first-order valence-electron chi connectivity index (χ1n) is 10.2. The minimum atomic E-state index is -0.291. The lowest BCUT2D eigenvalue weighted by Gasteiger charge is -2.17. The van der Waals surface area contributed by atoms with Crippen LogP contribution in [-0.4, -0.2) is 36.6 Å². The molecule has 0 fully saturated rings. The lowest BCUT2D eigenvalue weighted by atomic mass is 10.1. The predicted octanol–water partition coefficient (Wildman–Crippen LogP) is 4.83. The highest BCUT2D eigenvalue weighted by atomic mass is 16.5. The first-order chi connectivity index (χ1) is 14.9. The number of carbonyl (C=O) groups is 2. The fraction of sp³-hybridized carbons (Fsp3) is 0.280. The molecule has 1 amide bonds. The number of benzene rings is 2. The van der Waals surface area contributed by atoms with Crippen molar-refractivity contribution in [1.29, 1.82) is 0 Å². The maximum absolute atomic E-state index is 12.9. The summed E-state index contributed by atoms with van der Waals surface area (Å²) in [5.41, 5.74) is 3.56. The fourth-order valence-corrected chi connectivity index (χ4v) is 3.77. The molecular formula is C25H28N2O4. The third-order valence-electron chi connectivity index (χ3n) is 5.16. The maximum atomic E-state index is 12.9. The molecular weight excluding hydrogens is 392 g/mol. The van der Waals surface area contributed by atoms with Crippen LogP contribution in [-0.2, 0) is 4.74 Å². The van der Waals surface area contributed by atoms with E-state index in [1.54, 1.807) is 31.4 Å². The Bertz CT molecular complexity index is 1060. The van der Waals surface area contributed by atoms with Gasteiger partial charge in [-0.3, -0.25) is 9.59 Å². The summed E-state index contributed by atoms with van der Waals surface area (Å²) in [7, 11) is 1.66. The van der Waals surface area contributed by atoms with Gasteiger partial charge < -0.3 is 19.4 Å². The number of hydrogen-bond acceptors (Lipinski definition) is 4. The second-order valence-corrected chi connectivity index (χ2v) is 7.49. The molecule has 31 heavy (non-hydrogen) atoms. The molecule has 6 heteroatoms. The van der Waals surface area contributed by atoms with E-state index >= 15 is 0 Å². The van der Waals surface area contributed by atoms with Crippen LogP contribution in [0, 0.1) is 13.8 Å². The predicted molar refractivity (Wildman–Crippen MR) is 121 cm³/mol. The fourth-order valence-electron chi connectivity index (χ4n) is 3.77. The van der Waals surface area contributed by atoms with Gasteiger partial charge >= 0.3 is 0 Å². The highest BCUT2D eigenvalue weighted by molar-refractivity contribution is 6.06. The Morgan fingerprint density at radius 2 is 1.68 bits per heavy atom. The van der Waals surface area contributed by atoms with Crippen LogP contribution in [0.2, 0.25) is 0 Å². The van der Waals surface area contributed by atoms with Gasteiger partial charge in [-0.2, -0.15) is 0 Å². The lowest BCUT2D eigenvalue weighted by Crippen LogP contribution is -2.18. The van der Waals surface area contributed by atoms with E-state index in [-0.39, 0.29) is 24.3 Å². The summed E-state index contributed by atoms with van der Waals surface area (Å²) in [6.45, 7) is 6.35. The van der Waals surface area contributed by atoms with Crippen LogP contribution < -0.4 is 10.1 Å². The van der Waals surface area contributed by atoms with Crippen molar-refractivity contribution in [2.24, 2.45) is 0 Å². The normalized spacial score (nSPS) is 11.7. The van der Waals surface area contributed by atoms with Gasteiger partial charge in [-0.25, -0.2) is 0 Å². The summed E-state index contributed by atoms with van der Waals surface area (Å²) in [5, 5.41) is 2.84. The van der Waals surface area contributed by atoms with Crippen molar-refractivity contribution in [1.82, 2.24) is 4.57 Å². The largest absolute Gasteiger partial charge is 0.485 e. The number of rotatable bonds is 9. The Labute approximate surface area is 182 Å². The van der Waals surface area contributed by atoms with Gasteiger partial charge in [0.1, 0.15) is 5.75 Å². The minimum absolute atomic E-state index is 0.120. The molecule has 162 valence electrons. The van der Waals surface area contributed by atoms with Gasteiger partial charge in [0.05, 0.1) is 18.2 Å². The van der Waals surface area contributed by atoms with Crippen LogP contribution in [0.5, 0.6) is 5.75 Å². The smallest absolute Gasteiger partial charge is 0.259 e. The van der Waals surface area contributed by atoms with E-state index < -0.39 is 0 Å². The van der Waals surface area contributed by atoms with E-state index in [4.69, 9.17) is 9.47 Å². The number of Topliss-reactive ketones (excluding diaryl/α,β-unsaturated/α-hetero) is 1. The zero-order chi connectivity index (χ0) is 22.4. The molecule has 1 N–H and O–H groups in total. The van der Waals surface area contributed by atoms with Crippen LogP contribution >= 0.6 is 0 Å². The summed E-state index contributed by atoms with van der Waals surface area (Å²) in [4.78, 5) is 25.6. The van der Waals surface area contributed by atoms with E-state index in [0.717, 1.165) is 11.4 Å². The Balaban J connectivity index is 1.73. The molecule has 3 aromatic rings. The molecule has 3 rings (SSSR count). The van der Waals surface area contributed by atoms with Crippen molar-refractivity contribution in [2.75, 3.05) is 25.6 Å². The van der Waals surface area contributed by atoms with Gasteiger partial charge in [-0.15, -0.1) is 0 Å². The van der Waals surface area contributed by atoms with Gasteiger partial charge in [0.25, 0.3) is 5.91 Å². The van der Waals surface area contributed by atoms with Gasteiger partial charge in [0, 0.05) is 29.7 Å². The van der Waals surface area contributed by atoms with Crippen molar-refractivity contribution in [2.45, 2.75) is 26.8 Å². The van der Waals surface area contributed by atoms with Gasteiger partial charge in [-0.1, -0.05) is 30.3 Å². The average Bonchev–Trinajstić information content (AvgIpc) is 3.07. The Morgan fingerprint density at radius 3 is 2.39 bits per heavy atom. The minimum Gasteiger partial charge on any atom is -0.485 e. The van der Waals surface area contributed by atoms with Gasteiger partial charge in [-0.05, 0) is 51.1 Å². The number of nitrogens with one attached hydrogen (secondary N) is 1. The second kappa shape index (κ2) is 10.1. The number of para-hydroxylation sites is 2. The van der Waals surface area contributed by atoms with Crippen LogP contribution in [0.1, 0.15) is 45.1 Å². The van der Waals surface area contributed by atoms with Crippen molar-refractivity contribution in [3.8, 4) is 5.75 Å². The zero-order valence-corrected chi connectivity index (χ0v) is 18.3. The molecule has 0 spiro atoms. The number of nitrogens with zero attached hydrogens (tertiary/aromatic N) is 1. The van der Waals surface area contributed by atoms with Gasteiger partial charge in [0.15, 0.2) is 6.61 Å². The SMILES string of the molecule is COC[C@@H](C)n1c(C)cc(C(=O)COc2ccccc2C(=O)Nc2ccccc2)c1C. The van der Waals surface area contributed by atoms with E-state index in [9.17, 15) is 9.59 Å². The molecule has 2 aromatic carbocycles. The molecule has 0 saturated heterocycles. The molecule has 0 saturated carbocycles. The summed E-state index contributed by atoms with van der Waals surface area (Å²) >= 11 is 0. The van der Waals surface area contributed by atoms with E-state index in [1.165, 1.54) is 0 Å². The first kappa shape index (κ1) is 22.3. The van der Waals surface area contributed by atoms with Crippen molar-refractivity contribution in [3.63, 3.8) is 0 Å². The maximum Gasteiger partial charge on any atom is 0.259 e. The monoisotopic (exact) mass is 420 g/mol. The van der Waals surface area contributed by atoms with Crippen LogP contribution in [0.15, 0.2) is 60.7 Å². The third kappa shape index (κ3) is 5.22. The molecule has 1 atom stereocenters. The van der Waals surface area contributed by atoms with Crippen molar-refractivity contribution >= 4 is 17.4 Å². The van der Waals surface area contributed by atoms with Crippen LogP contribution in [0.25, 0.3) is 0 Å². The first-order valence-corrected chi connectivity index (χ1v) is 10.2. The Kier molecular flexibility index (Phi) is 7.26. The van der Waals surface area contributed by atoms with Gasteiger partial charge in [0.2, 0.25) is 5.78 Å². The second-order valence-electron chi connectivity index (χ2n) is 7.49. The lowest BCUT2D eigenvalue weighted by molar-refractivity contribution is 0.0913. The standard InChI is InChI=1S/C25H28N2O4/c1-17-14-22(19(3)27(17)18(2)15-30-4)23(28)16-31-24-13-9-8-12-21(24)25(29)26-20-10-6-5-7-11-20/h5-14,18H,15-16H2,1-4H3,(H,26,29)/t18-/m1/s1.